The van der Waals surface area contributed by atoms with Crippen LogP contribution in [0.15, 0.2) is 12.7 Å². The second kappa shape index (κ2) is 23.1. The quantitative estimate of drug-likeness (QED) is 0.0314. The van der Waals surface area contributed by atoms with Gasteiger partial charge in [-0.15, -0.1) is 0 Å². The van der Waals surface area contributed by atoms with Crippen LogP contribution in [-0.4, -0.2) is 157 Å². The van der Waals surface area contributed by atoms with E-state index < -0.39 is 108 Å². The SMILES string of the molecule is CC(C)(COP(=O)(O)OP(=O)(O)OC[C@H]1O[C@@H](n2cnc3c(N)ncnc32)[C@H](O)[C@@H]1OP(=O)(O)O)[C@@H](O)C(=O)NCCC(=O)NCCSC(=O)CC(=O)O.O=C(O)CCO. The number of amides is 2. The molecule has 1 fully saturated rings. The van der Waals surface area contributed by atoms with E-state index in [9.17, 15) is 67.5 Å². The number of imidazole rings is 1. The lowest BCUT2D eigenvalue weighted by atomic mass is 9.87. The van der Waals surface area contributed by atoms with Crippen LogP contribution in [0.25, 0.3) is 11.2 Å². The average Bonchev–Trinajstić information content (AvgIpc) is 3.68. The Labute approximate surface area is 342 Å². The van der Waals surface area contributed by atoms with Crippen molar-refractivity contribution in [3.8, 4) is 0 Å². The van der Waals surface area contributed by atoms with E-state index in [1.807, 2.05) is 0 Å². The lowest BCUT2D eigenvalue weighted by Crippen LogP contribution is -2.46. The number of thioether (sulfide) groups is 1. The fourth-order valence-corrected chi connectivity index (χ4v) is 8.05. The Balaban J connectivity index is 0.00000192. The summed E-state index contributed by atoms with van der Waals surface area (Å²) in [6.45, 7) is -0.137. The second-order valence-corrected chi connectivity index (χ2v) is 18.1. The first-order valence-electron chi connectivity index (χ1n) is 16.8. The van der Waals surface area contributed by atoms with E-state index >= 15 is 0 Å². The molecular weight excluding hydrogens is 899 g/mol. The van der Waals surface area contributed by atoms with Crippen molar-refractivity contribution < 1.29 is 105 Å². The number of carbonyl (C=O) groups excluding carboxylic acids is 3. The van der Waals surface area contributed by atoms with Crippen LogP contribution in [0.2, 0.25) is 0 Å². The number of nitrogens with one attached hydrogen (secondary N) is 2. The number of phosphoric ester groups is 3. The average molecular weight is 944 g/mol. The number of aromatic nitrogens is 4. The van der Waals surface area contributed by atoms with Crippen molar-refractivity contribution in [3.63, 3.8) is 0 Å². The molecule has 7 atom stereocenters. The zero-order valence-electron chi connectivity index (χ0n) is 31.4. The number of nitrogens with two attached hydrogens (primary N) is 1. The van der Waals surface area contributed by atoms with Crippen molar-refractivity contribution >= 4 is 81.1 Å². The Bertz CT molecular complexity index is 1970. The highest BCUT2D eigenvalue weighted by atomic mass is 32.2. The number of nitrogens with zero attached hydrogens (tertiary/aromatic N) is 4. The van der Waals surface area contributed by atoms with E-state index in [2.05, 4.69) is 34.4 Å². The van der Waals surface area contributed by atoms with Crippen LogP contribution in [-0.2, 0) is 60.3 Å². The van der Waals surface area contributed by atoms with Gasteiger partial charge >= 0.3 is 35.4 Å². The zero-order chi connectivity index (χ0) is 45.6. The van der Waals surface area contributed by atoms with Crippen LogP contribution < -0.4 is 16.4 Å². The number of aliphatic hydroxyl groups is 3. The Morgan fingerprint density at radius 2 is 1.63 bits per heavy atom. The molecule has 60 heavy (non-hydrogen) atoms. The molecule has 0 aliphatic carbocycles. The number of phosphoric acid groups is 3. The molecule has 2 unspecified atom stereocenters. The van der Waals surface area contributed by atoms with Gasteiger partial charge in [0.15, 0.2) is 22.8 Å². The number of nitrogen functional groups attached to an aromatic ring is 1. The summed E-state index contributed by atoms with van der Waals surface area (Å²) in [5, 5.41) is 49.6. The largest absolute Gasteiger partial charge is 0.481 e. The maximum Gasteiger partial charge on any atom is 0.481 e. The Morgan fingerprint density at radius 3 is 2.22 bits per heavy atom. The van der Waals surface area contributed by atoms with Crippen molar-refractivity contribution in [1.82, 2.24) is 30.2 Å². The molecule has 0 radical (unpaired) electrons. The van der Waals surface area contributed by atoms with Gasteiger partial charge in [-0.2, -0.15) is 4.31 Å². The third kappa shape index (κ3) is 17.8. The van der Waals surface area contributed by atoms with Crippen LogP contribution in [0.4, 0.5) is 5.82 Å². The fourth-order valence-electron chi connectivity index (χ4n) is 4.57. The molecule has 29 nitrogen and oxygen atoms in total. The van der Waals surface area contributed by atoms with E-state index in [0.717, 1.165) is 29.0 Å². The topological polar surface area (TPSA) is 458 Å². The van der Waals surface area contributed by atoms with Crippen molar-refractivity contribution in [2.45, 2.75) is 63.8 Å². The van der Waals surface area contributed by atoms with E-state index in [-0.39, 0.29) is 55.3 Å². The lowest BCUT2D eigenvalue weighted by molar-refractivity contribution is -0.139. The summed E-state index contributed by atoms with van der Waals surface area (Å²) >= 11 is 0.718. The Kier molecular flexibility index (Phi) is 20.2. The molecule has 1 aliphatic heterocycles. The summed E-state index contributed by atoms with van der Waals surface area (Å²) < 4.78 is 61.8. The summed E-state index contributed by atoms with van der Waals surface area (Å²) in [7, 11) is -16.4. The monoisotopic (exact) mass is 943 g/mol. The van der Waals surface area contributed by atoms with Crippen molar-refractivity contribution in [2.75, 3.05) is 44.4 Å². The van der Waals surface area contributed by atoms with Crippen molar-refractivity contribution in [3.05, 3.63) is 12.7 Å². The smallest absolute Gasteiger partial charge is 0.481 e. The molecule has 340 valence electrons. The number of carbonyl (C=O) groups is 5. The molecule has 33 heteroatoms. The van der Waals surface area contributed by atoms with Crippen LogP contribution in [0, 0.1) is 5.41 Å². The standard InChI is InChI=1S/C24H38N7O19P3S.C3H6O3/c1-24(2,19(37)22(38)27-4-3-13(32)26-5-6-54-15(35)7-14(33)34)9-47-53(44,45)50-52(42,43)46-8-12-18(49-51(39,40)41)17(36)23(48-12)31-11-30-16-20(25)28-10-29-21(16)31;4-2-1-3(5)6/h10-12,17-19,23,36-37H,3-9H2,1-2H3,(H,26,32)(H,27,38)(H,33,34)(H,42,43)(H,44,45)(H2,25,28,29)(H2,39,40,41);4H,1-2H2,(H,5,6)/t12-,17-,18-,19+,23-;/m1./s1. The summed E-state index contributed by atoms with van der Waals surface area (Å²) in [4.78, 5) is 106. The minimum atomic E-state index is -5.59. The zero-order valence-corrected chi connectivity index (χ0v) is 34.9. The first-order chi connectivity index (χ1) is 27.7. The third-order valence-corrected chi connectivity index (χ3v) is 11.4. The maximum atomic E-state index is 12.6. The third-order valence-electron chi connectivity index (χ3n) is 7.39. The van der Waals surface area contributed by atoms with Crippen LogP contribution in [0.1, 0.15) is 39.3 Å². The molecular formula is C27H44N7O22P3S. The summed E-state index contributed by atoms with van der Waals surface area (Å²) in [5.74, 6) is -3.76. The molecule has 2 amide bonds. The molecule has 13 N–H and O–H groups in total. The normalized spacial score (nSPS) is 20.6. The molecule has 0 aromatic carbocycles. The van der Waals surface area contributed by atoms with Crippen molar-refractivity contribution in [2.24, 2.45) is 5.41 Å². The predicted molar refractivity (Wildman–Crippen MR) is 199 cm³/mol. The van der Waals surface area contributed by atoms with Gasteiger partial charge in [0.25, 0.3) is 0 Å². The first-order valence-corrected chi connectivity index (χ1v) is 22.3. The highest BCUT2D eigenvalue weighted by Crippen LogP contribution is 2.61. The summed E-state index contributed by atoms with van der Waals surface area (Å²) in [5.41, 5.74) is 4.19. The number of hydrogen-bond acceptors (Lipinski definition) is 21. The molecule has 2 aromatic rings. The van der Waals surface area contributed by atoms with Gasteiger partial charge in [0.05, 0.1) is 32.6 Å². The number of rotatable bonds is 23. The number of hydrogen-bond donors (Lipinski definition) is 12. The molecule has 1 aliphatic rings. The van der Waals surface area contributed by atoms with Crippen LogP contribution in [0.5, 0.6) is 0 Å². The predicted octanol–water partition coefficient (Wildman–Crippen LogP) is -2.41. The molecule has 0 saturated carbocycles. The van der Waals surface area contributed by atoms with Gasteiger partial charge in [-0.05, 0) is 0 Å². The Hall–Kier alpha value is -3.54. The summed E-state index contributed by atoms with van der Waals surface area (Å²) in [6.07, 6.45) is -7.93. The first kappa shape index (κ1) is 52.6. The highest BCUT2D eigenvalue weighted by Gasteiger charge is 2.50. The van der Waals surface area contributed by atoms with Gasteiger partial charge in [0.1, 0.15) is 42.7 Å². The lowest BCUT2D eigenvalue weighted by Gasteiger charge is -2.30. The molecule has 0 bridgehead atoms. The molecule has 3 rings (SSSR count). The number of carboxylic acid groups (broad SMARTS) is 2. The summed E-state index contributed by atoms with van der Waals surface area (Å²) in [6, 6.07) is 0. The van der Waals surface area contributed by atoms with Gasteiger partial charge in [0, 0.05) is 30.7 Å². The van der Waals surface area contributed by atoms with Gasteiger partial charge in [-0.1, -0.05) is 25.6 Å². The molecule has 3 heterocycles. The van der Waals surface area contributed by atoms with Crippen LogP contribution in [0.3, 0.4) is 0 Å². The number of aliphatic carboxylic acids is 2. The van der Waals surface area contributed by atoms with Gasteiger partial charge in [0.2, 0.25) is 11.8 Å². The van der Waals surface area contributed by atoms with E-state index in [1.54, 1.807) is 0 Å². The fraction of sp³-hybridized carbons (Fsp3) is 0.630. The second-order valence-electron chi connectivity index (χ2n) is 12.7. The number of fused-ring (bicyclic) bond motifs is 1. The minimum absolute atomic E-state index is 0.0185. The minimum Gasteiger partial charge on any atom is -0.481 e. The van der Waals surface area contributed by atoms with E-state index in [1.165, 1.54) is 13.8 Å². The van der Waals surface area contributed by atoms with Gasteiger partial charge in [-0.25, -0.2) is 28.6 Å². The number of ether oxygens (including phenoxy) is 1. The van der Waals surface area contributed by atoms with Crippen molar-refractivity contribution in [1.29, 1.82) is 0 Å². The maximum absolute atomic E-state index is 12.6. The van der Waals surface area contributed by atoms with Gasteiger partial charge in [-0.3, -0.25) is 42.1 Å². The van der Waals surface area contributed by atoms with E-state index in [4.69, 9.17) is 34.8 Å². The molecule has 2 aromatic heterocycles. The number of carboxylic acids is 2. The highest BCUT2D eigenvalue weighted by molar-refractivity contribution is 8.13. The van der Waals surface area contributed by atoms with Gasteiger partial charge < -0.3 is 66.2 Å². The number of anilines is 1. The molecule has 1 saturated heterocycles. The Morgan fingerprint density at radius 1 is 0.983 bits per heavy atom. The van der Waals surface area contributed by atoms with Crippen LogP contribution >= 0.6 is 35.2 Å². The van der Waals surface area contributed by atoms with E-state index in [0.29, 0.717) is 0 Å². The molecule has 0 spiro atoms. The number of aliphatic hydroxyl groups excluding tert-OH is 3.